The largest absolute Gasteiger partial charge is 0.493 e. The Bertz CT molecular complexity index is 910. The molecule has 27 heavy (non-hydrogen) atoms. The second kappa shape index (κ2) is 9.33. The van der Waals surface area contributed by atoms with Gasteiger partial charge in [0.15, 0.2) is 0 Å². The first-order valence-electron chi connectivity index (χ1n) is 9.29. The third kappa shape index (κ3) is 4.87. The topological polar surface area (TPSA) is 39.1 Å². The molecule has 0 radical (unpaired) electrons. The van der Waals surface area contributed by atoms with Crippen molar-refractivity contribution in [1.82, 2.24) is 15.1 Å². The molecule has 144 valence electrons. The molecule has 0 atom stereocenters. The van der Waals surface area contributed by atoms with Crippen LogP contribution in [0.4, 0.5) is 4.39 Å². The molecular formula is C21H25BrFN3O. The summed E-state index contributed by atoms with van der Waals surface area (Å²) in [6.45, 7) is 1.66. The third-order valence-corrected chi connectivity index (χ3v) is 5.08. The molecule has 1 aromatic heterocycles. The normalized spacial score (nSPS) is 11.3. The molecule has 0 saturated heterocycles. The van der Waals surface area contributed by atoms with Crippen molar-refractivity contribution in [3.05, 3.63) is 46.7 Å². The van der Waals surface area contributed by atoms with Crippen LogP contribution in [0, 0.1) is 5.82 Å². The maximum absolute atomic E-state index is 14.8. The Morgan fingerprint density at radius 2 is 1.93 bits per heavy atom. The van der Waals surface area contributed by atoms with E-state index in [9.17, 15) is 4.39 Å². The zero-order valence-electron chi connectivity index (χ0n) is 15.8. The van der Waals surface area contributed by atoms with Crippen LogP contribution in [0.3, 0.4) is 0 Å². The molecule has 1 heterocycles. The third-order valence-electron chi connectivity index (χ3n) is 4.58. The van der Waals surface area contributed by atoms with Gasteiger partial charge >= 0.3 is 0 Å². The molecule has 0 saturated carbocycles. The first-order chi connectivity index (χ1) is 13.1. The smallest absolute Gasteiger partial charge is 0.136 e. The van der Waals surface area contributed by atoms with E-state index in [-0.39, 0.29) is 5.82 Å². The lowest BCUT2D eigenvalue weighted by molar-refractivity contribution is 0.303. The molecule has 3 aromatic rings. The number of aromatic nitrogens is 2. The van der Waals surface area contributed by atoms with E-state index >= 15 is 0 Å². The molecule has 1 N–H and O–H groups in total. The van der Waals surface area contributed by atoms with E-state index < -0.39 is 0 Å². The van der Waals surface area contributed by atoms with E-state index in [1.807, 2.05) is 38.4 Å². The monoisotopic (exact) mass is 433 g/mol. The highest BCUT2D eigenvalue weighted by atomic mass is 79.9. The number of unbranched alkanes of at least 4 members (excludes halogenated alkanes) is 3. The number of ether oxygens (including phenoxy) is 1. The zero-order chi connectivity index (χ0) is 19.2. The lowest BCUT2D eigenvalue weighted by Gasteiger charge is -2.09. The van der Waals surface area contributed by atoms with Crippen molar-refractivity contribution in [3.63, 3.8) is 0 Å². The van der Waals surface area contributed by atoms with Gasteiger partial charge in [0.05, 0.1) is 17.8 Å². The minimum Gasteiger partial charge on any atom is -0.493 e. The number of fused-ring (bicyclic) bond motifs is 1. The van der Waals surface area contributed by atoms with Gasteiger partial charge in [-0.2, -0.15) is 5.10 Å². The van der Waals surface area contributed by atoms with Gasteiger partial charge in [-0.15, -0.1) is 0 Å². The number of halogens is 2. The number of hydrogen-bond acceptors (Lipinski definition) is 3. The molecule has 0 unspecified atom stereocenters. The van der Waals surface area contributed by atoms with Gasteiger partial charge in [-0.05, 0) is 56.8 Å². The number of rotatable bonds is 9. The van der Waals surface area contributed by atoms with Crippen LogP contribution in [0.15, 0.2) is 40.9 Å². The second-order valence-electron chi connectivity index (χ2n) is 6.64. The highest BCUT2D eigenvalue weighted by Gasteiger charge is 2.15. The predicted octanol–water partition coefficient (Wildman–Crippen LogP) is 5.30. The van der Waals surface area contributed by atoms with E-state index in [4.69, 9.17) is 4.74 Å². The molecule has 0 spiro atoms. The van der Waals surface area contributed by atoms with Crippen molar-refractivity contribution in [3.8, 4) is 17.0 Å². The van der Waals surface area contributed by atoms with Gasteiger partial charge in [0.1, 0.15) is 11.6 Å². The fraction of sp³-hybridized carbons (Fsp3) is 0.381. The van der Waals surface area contributed by atoms with Crippen molar-refractivity contribution in [2.24, 2.45) is 7.05 Å². The number of aryl methyl sites for hydroxylation is 1. The van der Waals surface area contributed by atoms with E-state index in [2.05, 4.69) is 26.3 Å². The SMILES string of the molecule is CNCCCCCCOc1ccc(-c2c3ccc(Br)cc3nn2C)c(F)c1. The molecular weight excluding hydrogens is 409 g/mol. The zero-order valence-corrected chi connectivity index (χ0v) is 17.4. The molecule has 0 aliphatic heterocycles. The van der Waals surface area contributed by atoms with E-state index in [1.54, 1.807) is 10.7 Å². The summed E-state index contributed by atoms with van der Waals surface area (Å²) in [5.74, 6) is 0.273. The van der Waals surface area contributed by atoms with E-state index in [0.717, 1.165) is 40.5 Å². The van der Waals surface area contributed by atoms with Crippen LogP contribution >= 0.6 is 15.9 Å². The highest BCUT2D eigenvalue weighted by Crippen LogP contribution is 2.33. The second-order valence-corrected chi connectivity index (χ2v) is 7.56. The van der Waals surface area contributed by atoms with Crippen molar-refractivity contribution in [2.75, 3.05) is 20.2 Å². The lowest BCUT2D eigenvalue weighted by Crippen LogP contribution is -2.07. The summed E-state index contributed by atoms with van der Waals surface area (Å²) in [7, 11) is 3.80. The molecule has 0 amide bonds. The fourth-order valence-electron chi connectivity index (χ4n) is 3.22. The van der Waals surface area contributed by atoms with Crippen LogP contribution in [0.2, 0.25) is 0 Å². The van der Waals surface area contributed by atoms with Gasteiger partial charge in [0.2, 0.25) is 0 Å². The fourth-order valence-corrected chi connectivity index (χ4v) is 3.57. The van der Waals surface area contributed by atoms with Gasteiger partial charge in [0, 0.05) is 28.5 Å². The van der Waals surface area contributed by atoms with Gasteiger partial charge in [-0.25, -0.2) is 4.39 Å². The van der Waals surface area contributed by atoms with Crippen LogP contribution in [0.5, 0.6) is 5.75 Å². The molecule has 2 aromatic carbocycles. The van der Waals surface area contributed by atoms with Crippen molar-refractivity contribution in [2.45, 2.75) is 25.7 Å². The Morgan fingerprint density at radius 1 is 1.11 bits per heavy atom. The number of nitrogens with one attached hydrogen (secondary N) is 1. The predicted molar refractivity (Wildman–Crippen MR) is 112 cm³/mol. The van der Waals surface area contributed by atoms with Crippen LogP contribution in [0.1, 0.15) is 25.7 Å². The maximum atomic E-state index is 14.8. The Labute approximate surface area is 167 Å². The Kier molecular flexibility index (Phi) is 6.85. The van der Waals surface area contributed by atoms with Crippen LogP contribution in [-0.2, 0) is 7.05 Å². The average Bonchev–Trinajstić information content (AvgIpc) is 2.96. The molecule has 0 fully saturated rings. The van der Waals surface area contributed by atoms with Crippen molar-refractivity contribution in [1.29, 1.82) is 0 Å². The summed E-state index contributed by atoms with van der Waals surface area (Å²) >= 11 is 3.45. The van der Waals surface area contributed by atoms with Gasteiger partial charge in [-0.1, -0.05) is 28.8 Å². The first kappa shape index (κ1) is 19.8. The van der Waals surface area contributed by atoms with Gasteiger partial charge in [0.25, 0.3) is 0 Å². The van der Waals surface area contributed by atoms with Crippen molar-refractivity contribution >= 4 is 26.8 Å². The highest BCUT2D eigenvalue weighted by molar-refractivity contribution is 9.10. The molecule has 6 heteroatoms. The minimum atomic E-state index is -0.297. The van der Waals surface area contributed by atoms with Gasteiger partial charge < -0.3 is 10.1 Å². The molecule has 3 rings (SSSR count). The van der Waals surface area contributed by atoms with Gasteiger partial charge in [-0.3, -0.25) is 4.68 Å². The number of benzene rings is 2. The van der Waals surface area contributed by atoms with E-state index in [0.29, 0.717) is 17.9 Å². The lowest BCUT2D eigenvalue weighted by atomic mass is 10.1. The summed E-state index contributed by atoms with van der Waals surface area (Å²) in [5.41, 5.74) is 2.13. The number of hydrogen-bond donors (Lipinski definition) is 1. The quantitative estimate of drug-likeness (QED) is 0.465. The first-order valence-corrected chi connectivity index (χ1v) is 10.1. The van der Waals surface area contributed by atoms with E-state index in [1.165, 1.54) is 18.9 Å². The summed E-state index contributed by atoms with van der Waals surface area (Å²) in [6.07, 6.45) is 4.46. The Morgan fingerprint density at radius 3 is 2.70 bits per heavy atom. The molecule has 0 aliphatic rings. The standard InChI is InChI=1S/C21H25BrFN3O/c1-24-11-5-3-4-6-12-27-16-8-10-17(19(23)14-16)21-18-9-7-15(22)13-20(18)25-26(21)2/h7-10,13-14,24H,3-6,11-12H2,1-2H3. The summed E-state index contributed by atoms with van der Waals surface area (Å²) in [5, 5.41) is 8.56. The van der Waals surface area contributed by atoms with Crippen LogP contribution in [0.25, 0.3) is 22.2 Å². The number of nitrogens with zero attached hydrogens (tertiary/aromatic N) is 2. The van der Waals surface area contributed by atoms with Crippen LogP contribution < -0.4 is 10.1 Å². The Balaban J connectivity index is 1.68. The average molecular weight is 434 g/mol. The maximum Gasteiger partial charge on any atom is 0.136 e. The van der Waals surface area contributed by atoms with Crippen molar-refractivity contribution < 1.29 is 9.13 Å². The summed E-state index contributed by atoms with van der Waals surface area (Å²) in [4.78, 5) is 0. The summed E-state index contributed by atoms with van der Waals surface area (Å²) in [6, 6.07) is 10.9. The minimum absolute atomic E-state index is 0.297. The molecule has 4 nitrogen and oxygen atoms in total. The van der Waals surface area contributed by atoms with Crippen LogP contribution in [-0.4, -0.2) is 30.0 Å². The molecule has 0 bridgehead atoms. The summed E-state index contributed by atoms with van der Waals surface area (Å²) < 4.78 is 23.2. The molecule has 0 aliphatic carbocycles. The Hall–Kier alpha value is -1.92.